The molecule has 0 saturated heterocycles. The van der Waals surface area contributed by atoms with Gasteiger partial charge in [-0.1, -0.05) is 0 Å². The molecule has 0 fully saturated rings. The summed E-state index contributed by atoms with van der Waals surface area (Å²) in [6.07, 6.45) is 1.64. The predicted molar refractivity (Wildman–Crippen MR) is 47.7 cm³/mol. The van der Waals surface area contributed by atoms with Crippen LogP contribution in [0.3, 0.4) is 0 Å². The van der Waals surface area contributed by atoms with E-state index in [9.17, 15) is 4.79 Å². The lowest BCUT2D eigenvalue weighted by Crippen LogP contribution is -2.37. The van der Waals surface area contributed by atoms with Crippen LogP contribution in [0.15, 0.2) is 6.20 Å². The zero-order valence-electron chi connectivity index (χ0n) is 7.53. The van der Waals surface area contributed by atoms with Gasteiger partial charge in [0.05, 0.1) is 12.7 Å². The zero-order chi connectivity index (χ0) is 9.42. The van der Waals surface area contributed by atoms with E-state index in [1.54, 1.807) is 18.0 Å². The van der Waals surface area contributed by atoms with Crippen LogP contribution in [0.5, 0.6) is 0 Å². The van der Waals surface area contributed by atoms with E-state index in [0.29, 0.717) is 12.4 Å². The van der Waals surface area contributed by atoms with E-state index in [4.69, 9.17) is 5.73 Å². The molecule has 0 bridgehead atoms. The molecule has 0 radical (unpaired) electrons. The van der Waals surface area contributed by atoms with Crippen molar-refractivity contribution in [1.29, 1.82) is 0 Å². The smallest absolute Gasteiger partial charge is 0.219 e. The third kappa shape index (κ3) is 1.26. The van der Waals surface area contributed by atoms with Crippen LogP contribution in [-0.2, 0) is 17.9 Å². The van der Waals surface area contributed by atoms with Crippen molar-refractivity contribution in [3.63, 3.8) is 0 Å². The Kier molecular flexibility index (Phi) is 1.72. The second-order valence-corrected chi connectivity index (χ2v) is 3.19. The van der Waals surface area contributed by atoms with Crippen LogP contribution >= 0.6 is 0 Å². The SMILES string of the molecule is CC(=O)N1CCn2c(N)cnc2C1. The third-order valence-corrected chi connectivity index (χ3v) is 2.34. The predicted octanol–water partition coefficient (Wildman–Crippen LogP) is -0.173. The maximum Gasteiger partial charge on any atom is 0.219 e. The van der Waals surface area contributed by atoms with Gasteiger partial charge in [-0.3, -0.25) is 4.79 Å². The average molecular weight is 180 g/mol. The molecule has 1 aromatic rings. The van der Waals surface area contributed by atoms with Gasteiger partial charge < -0.3 is 15.2 Å². The fraction of sp³-hybridized carbons (Fsp3) is 0.500. The Labute approximate surface area is 76.2 Å². The number of aromatic nitrogens is 2. The van der Waals surface area contributed by atoms with Gasteiger partial charge in [0.15, 0.2) is 0 Å². The van der Waals surface area contributed by atoms with Crippen molar-refractivity contribution < 1.29 is 4.79 Å². The van der Waals surface area contributed by atoms with E-state index >= 15 is 0 Å². The molecular weight excluding hydrogens is 168 g/mol. The van der Waals surface area contributed by atoms with Gasteiger partial charge in [-0.25, -0.2) is 4.98 Å². The van der Waals surface area contributed by atoms with E-state index in [2.05, 4.69) is 4.98 Å². The van der Waals surface area contributed by atoms with Crippen LogP contribution in [0, 0.1) is 0 Å². The minimum Gasteiger partial charge on any atom is -0.384 e. The number of rotatable bonds is 0. The lowest BCUT2D eigenvalue weighted by atomic mass is 10.3. The molecule has 2 N–H and O–H groups in total. The third-order valence-electron chi connectivity index (χ3n) is 2.34. The Morgan fingerprint density at radius 2 is 2.38 bits per heavy atom. The Bertz CT molecular complexity index is 344. The van der Waals surface area contributed by atoms with Crippen LogP contribution in [0.4, 0.5) is 5.82 Å². The summed E-state index contributed by atoms with van der Waals surface area (Å²) in [6, 6.07) is 0. The van der Waals surface area contributed by atoms with Crippen LogP contribution in [0.1, 0.15) is 12.7 Å². The van der Waals surface area contributed by atoms with Crippen molar-refractivity contribution in [2.45, 2.75) is 20.0 Å². The van der Waals surface area contributed by atoms with E-state index in [1.165, 1.54) is 0 Å². The summed E-state index contributed by atoms with van der Waals surface area (Å²) in [7, 11) is 0. The molecule has 1 aliphatic heterocycles. The van der Waals surface area contributed by atoms with Crippen molar-refractivity contribution in [3.05, 3.63) is 12.0 Å². The minimum atomic E-state index is 0.0906. The van der Waals surface area contributed by atoms with Gasteiger partial charge in [0.25, 0.3) is 0 Å². The van der Waals surface area contributed by atoms with Crippen molar-refractivity contribution in [2.75, 3.05) is 12.3 Å². The summed E-state index contributed by atoms with van der Waals surface area (Å²) >= 11 is 0. The molecule has 0 aromatic carbocycles. The van der Waals surface area contributed by atoms with Gasteiger partial charge in [0.2, 0.25) is 5.91 Å². The van der Waals surface area contributed by atoms with Gasteiger partial charge >= 0.3 is 0 Å². The number of nitrogens with two attached hydrogens (primary N) is 1. The first-order valence-electron chi connectivity index (χ1n) is 4.24. The molecule has 5 heteroatoms. The fourth-order valence-corrected chi connectivity index (χ4v) is 1.55. The van der Waals surface area contributed by atoms with Gasteiger partial charge in [-0.2, -0.15) is 0 Å². The molecule has 0 saturated carbocycles. The van der Waals surface area contributed by atoms with E-state index in [1.807, 2.05) is 4.57 Å². The molecule has 2 rings (SSSR count). The average Bonchev–Trinajstić information content (AvgIpc) is 2.47. The lowest BCUT2D eigenvalue weighted by Gasteiger charge is -2.26. The molecule has 70 valence electrons. The van der Waals surface area contributed by atoms with Crippen molar-refractivity contribution >= 4 is 11.7 Å². The number of nitrogen functional groups attached to an aromatic ring is 1. The van der Waals surface area contributed by atoms with Gasteiger partial charge in [-0.05, 0) is 0 Å². The molecule has 1 amide bonds. The quantitative estimate of drug-likeness (QED) is 0.602. The summed E-state index contributed by atoms with van der Waals surface area (Å²) in [5, 5.41) is 0. The summed E-state index contributed by atoms with van der Waals surface area (Å²) in [5.74, 6) is 1.64. The maximum atomic E-state index is 11.1. The van der Waals surface area contributed by atoms with Crippen LogP contribution in [-0.4, -0.2) is 26.9 Å². The number of nitrogens with zero attached hydrogens (tertiary/aromatic N) is 3. The highest BCUT2D eigenvalue weighted by atomic mass is 16.2. The molecule has 5 nitrogen and oxygen atoms in total. The summed E-state index contributed by atoms with van der Waals surface area (Å²) in [5.41, 5.74) is 5.68. The van der Waals surface area contributed by atoms with E-state index in [0.717, 1.165) is 18.9 Å². The number of fused-ring (bicyclic) bond motifs is 1. The maximum absolute atomic E-state index is 11.1. The molecule has 1 aliphatic rings. The summed E-state index contributed by atoms with van der Waals surface area (Å²) in [4.78, 5) is 17.0. The fourth-order valence-electron chi connectivity index (χ4n) is 1.55. The molecule has 2 heterocycles. The van der Waals surface area contributed by atoms with Crippen molar-refractivity contribution in [1.82, 2.24) is 14.5 Å². The molecular formula is C8H12N4O. The minimum absolute atomic E-state index is 0.0906. The van der Waals surface area contributed by atoms with Crippen molar-refractivity contribution in [2.24, 2.45) is 0 Å². The summed E-state index contributed by atoms with van der Waals surface area (Å²) in [6.45, 7) is 3.62. The number of hydrogen-bond donors (Lipinski definition) is 1. The Hall–Kier alpha value is -1.52. The molecule has 0 atom stereocenters. The number of carbonyl (C=O) groups is 1. The molecule has 0 unspecified atom stereocenters. The second kappa shape index (κ2) is 2.76. The Morgan fingerprint density at radius 1 is 1.62 bits per heavy atom. The Morgan fingerprint density at radius 3 is 3.08 bits per heavy atom. The van der Waals surface area contributed by atoms with Crippen LogP contribution < -0.4 is 5.73 Å². The van der Waals surface area contributed by atoms with E-state index < -0.39 is 0 Å². The molecule has 1 aromatic heterocycles. The molecule has 13 heavy (non-hydrogen) atoms. The number of carbonyl (C=O) groups excluding carboxylic acids is 1. The first-order chi connectivity index (χ1) is 6.18. The number of amides is 1. The zero-order valence-corrected chi connectivity index (χ0v) is 7.53. The number of imidazole rings is 1. The Balaban J connectivity index is 2.25. The number of hydrogen-bond acceptors (Lipinski definition) is 3. The standard InChI is InChI=1S/C8H12N4O/c1-6(13)11-2-3-12-7(9)4-10-8(12)5-11/h4H,2-3,5,9H2,1H3. The first kappa shape index (κ1) is 8.10. The van der Waals surface area contributed by atoms with Gasteiger partial charge in [0, 0.05) is 20.0 Å². The molecule has 0 spiro atoms. The van der Waals surface area contributed by atoms with E-state index in [-0.39, 0.29) is 5.91 Å². The lowest BCUT2D eigenvalue weighted by molar-refractivity contribution is -0.130. The first-order valence-corrected chi connectivity index (χ1v) is 4.24. The highest BCUT2D eigenvalue weighted by Gasteiger charge is 2.19. The van der Waals surface area contributed by atoms with Crippen LogP contribution in [0.25, 0.3) is 0 Å². The monoisotopic (exact) mass is 180 g/mol. The second-order valence-electron chi connectivity index (χ2n) is 3.19. The summed E-state index contributed by atoms with van der Waals surface area (Å²) < 4.78 is 1.94. The highest BCUT2D eigenvalue weighted by molar-refractivity contribution is 5.73. The topological polar surface area (TPSA) is 64.2 Å². The highest BCUT2D eigenvalue weighted by Crippen LogP contribution is 2.14. The van der Waals surface area contributed by atoms with Gasteiger partial charge in [-0.15, -0.1) is 0 Å². The van der Waals surface area contributed by atoms with Crippen LogP contribution in [0.2, 0.25) is 0 Å². The largest absolute Gasteiger partial charge is 0.384 e. The molecule has 0 aliphatic carbocycles. The van der Waals surface area contributed by atoms with Gasteiger partial charge in [0.1, 0.15) is 11.6 Å². The number of anilines is 1. The van der Waals surface area contributed by atoms with Crippen molar-refractivity contribution in [3.8, 4) is 0 Å². The normalized spacial score (nSPS) is 15.6.